The molecule has 430 valence electrons. The summed E-state index contributed by atoms with van der Waals surface area (Å²) >= 11 is 0. The van der Waals surface area contributed by atoms with Crippen molar-refractivity contribution in [2.24, 2.45) is 0 Å². The summed E-state index contributed by atoms with van der Waals surface area (Å²) in [5, 5.41) is 3.01. The molecule has 3 unspecified atom stereocenters. The van der Waals surface area contributed by atoms with Gasteiger partial charge in [0.25, 0.3) is 7.82 Å². The second-order valence-corrected chi connectivity index (χ2v) is 22.5. The summed E-state index contributed by atoms with van der Waals surface area (Å²) in [6, 6.07) is -0.910. The summed E-state index contributed by atoms with van der Waals surface area (Å²) < 4.78 is 30.2. The summed E-state index contributed by atoms with van der Waals surface area (Å²) in [7, 11) is 1.15. The lowest BCUT2D eigenvalue weighted by atomic mass is 10.0. The number of amides is 1. The van der Waals surface area contributed by atoms with Crippen LogP contribution in [-0.4, -0.2) is 69.4 Å². The molecule has 0 bridgehead atoms. The van der Waals surface area contributed by atoms with Gasteiger partial charge in [-0.25, -0.2) is 0 Å². The molecule has 3 atom stereocenters. The number of nitrogens with zero attached hydrogens (tertiary/aromatic N) is 1. The van der Waals surface area contributed by atoms with E-state index in [1.54, 1.807) is 0 Å². The molecular formula is C65H113N2O7P. The minimum Gasteiger partial charge on any atom is -0.756 e. The maximum absolute atomic E-state index is 13.5. The highest BCUT2D eigenvalue weighted by Crippen LogP contribution is 2.38. The van der Waals surface area contributed by atoms with Crippen molar-refractivity contribution < 1.29 is 37.3 Å². The van der Waals surface area contributed by atoms with Crippen molar-refractivity contribution in [2.75, 3.05) is 40.9 Å². The molecule has 9 nitrogen and oxygen atoms in total. The SMILES string of the molecule is CC/C=C\C/C=C\C/C=C\C/C=C\C/C=C\CCCCCCCCCC(=O)NC(COP(=O)([O-])OCC[N+](C)(C)C)C(/C=C\CCCCCCCCCCCC)OC(=O)CCCCCC/C=C/C/C=C/C/C=C/CC. The fraction of sp³-hybridized carbons (Fsp3) is 0.692. The third-order valence-corrected chi connectivity index (χ3v) is 13.7. The van der Waals surface area contributed by atoms with E-state index in [-0.39, 0.29) is 24.9 Å². The van der Waals surface area contributed by atoms with Crippen molar-refractivity contribution in [3.63, 3.8) is 0 Å². The summed E-state index contributed by atoms with van der Waals surface area (Å²) in [5.74, 6) is -0.587. The number of phosphoric ester groups is 1. The number of rotatable bonds is 53. The number of unbranched alkanes of at least 4 members (excludes halogenated alkanes) is 21. The highest BCUT2D eigenvalue weighted by atomic mass is 31.2. The van der Waals surface area contributed by atoms with E-state index < -0.39 is 26.6 Å². The molecule has 1 N–H and O–H groups in total. The maximum Gasteiger partial charge on any atom is 0.306 e. The molecule has 75 heavy (non-hydrogen) atoms. The molecule has 0 aromatic heterocycles. The normalized spacial score (nSPS) is 14.5. The summed E-state index contributed by atoms with van der Waals surface area (Å²) in [6.07, 6.45) is 73.4. The lowest BCUT2D eigenvalue weighted by Gasteiger charge is -2.30. The molecule has 0 heterocycles. The fourth-order valence-electron chi connectivity index (χ4n) is 8.09. The van der Waals surface area contributed by atoms with Crippen molar-refractivity contribution in [1.82, 2.24) is 5.32 Å². The minimum absolute atomic E-state index is 0.0341. The third kappa shape index (κ3) is 55.2. The molecule has 0 saturated heterocycles. The van der Waals surface area contributed by atoms with E-state index in [1.807, 2.05) is 33.3 Å². The van der Waals surface area contributed by atoms with Crippen molar-refractivity contribution >= 4 is 19.7 Å². The Labute approximate surface area is 461 Å². The van der Waals surface area contributed by atoms with Crippen molar-refractivity contribution in [1.29, 1.82) is 0 Å². The summed E-state index contributed by atoms with van der Waals surface area (Å²) in [4.78, 5) is 39.9. The van der Waals surface area contributed by atoms with Gasteiger partial charge < -0.3 is 28.5 Å². The molecule has 1 amide bonds. The minimum atomic E-state index is -4.71. The number of likely N-dealkylation sites (N-methyl/N-ethyl adjacent to an activating group) is 1. The molecular weight excluding hydrogens is 952 g/mol. The number of carbonyl (C=O) groups excluding carboxylic acids is 2. The number of quaternary nitrogens is 1. The zero-order valence-electron chi connectivity index (χ0n) is 49.0. The van der Waals surface area contributed by atoms with E-state index in [0.717, 1.165) is 128 Å². The predicted octanol–water partition coefficient (Wildman–Crippen LogP) is 17.9. The average molecular weight is 1070 g/mol. The number of hydrogen-bond acceptors (Lipinski definition) is 7. The molecule has 0 fully saturated rings. The van der Waals surface area contributed by atoms with Crippen molar-refractivity contribution in [3.8, 4) is 0 Å². The molecule has 10 heteroatoms. The average Bonchev–Trinajstić information content (AvgIpc) is 3.37. The highest BCUT2D eigenvalue weighted by molar-refractivity contribution is 7.45. The first-order valence-electron chi connectivity index (χ1n) is 30.2. The molecule has 0 aromatic rings. The summed E-state index contributed by atoms with van der Waals surface area (Å²) in [5.41, 5.74) is 0. The van der Waals surface area contributed by atoms with E-state index in [1.165, 1.54) is 70.6 Å². The van der Waals surface area contributed by atoms with Crippen LogP contribution in [0.15, 0.2) is 109 Å². The highest BCUT2D eigenvalue weighted by Gasteiger charge is 2.27. The molecule has 0 saturated carbocycles. The number of allylic oxidation sites excluding steroid dienone is 17. The first-order valence-corrected chi connectivity index (χ1v) is 31.7. The van der Waals surface area contributed by atoms with E-state index in [2.05, 4.69) is 123 Å². The van der Waals surface area contributed by atoms with Gasteiger partial charge >= 0.3 is 5.97 Å². The van der Waals surface area contributed by atoms with Crippen LogP contribution in [0.25, 0.3) is 0 Å². The van der Waals surface area contributed by atoms with Gasteiger partial charge in [0.15, 0.2) is 0 Å². The zero-order valence-corrected chi connectivity index (χ0v) is 49.9. The largest absolute Gasteiger partial charge is 0.756 e. The van der Waals surface area contributed by atoms with Gasteiger partial charge in [-0.05, 0) is 109 Å². The van der Waals surface area contributed by atoms with E-state index >= 15 is 0 Å². The first-order chi connectivity index (χ1) is 36.4. The number of ether oxygens (including phenoxy) is 1. The number of hydrogen-bond donors (Lipinski definition) is 1. The lowest BCUT2D eigenvalue weighted by molar-refractivity contribution is -0.870. The van der Waals surface area contributed by atoms with E-state index in [4.69, 9.17) is 13.8 Å². The molecule has 0 aliphatic heterocycles. The van der Waals surface area contributed by atoms with Crippen molar-refractivity contribution in [2.45, 2.75) is 251 Å². The number of nitrogens with one attached hydrogen (secondary N) is 1. The molecule has 0 aliphatic carbocycles. The van der Waals surface area contributed by atoms with Crippen LogP contribution in [0.5, 0.6) is 0 Å². The second-order valence-electron chi connectivity index (χ2n) is 21.1. The van der Waals surface area contributed by atoms with Crippen LogP contribution < -0.4 is 10.2 Å². The van der Waals surface area contributed by atoms with E-state index in [0.29, 0.717) is 23.9 Å². The Kier molecular flexibility index (Phi) is 51.6. The van der Waals surface area contributed by atoms with Crippen molar-refractivity contribution in [3.05, 3.63) is 109 Å². The topological polar surface area (TPSA) is 114 Å². The Hall–Kier alpha value is -3.33. The first kappa shape index (κ1) is 71.7. The Bertz CT molecular complexity index is 1650. The molecule has 0 radical (unpaired) electrons. The van der Waals surface area contributed by atoms with Gasteiger partial charge in [-0.1, -0.05) is 227 Å². The van der Waals surface area contributed by atoms with Crippen LogP contribution in [0.4, 0.5) is 0 Å². The molecule has 0 rings (SSSR count). The third-order valence-electron chi connectivity index (χ3n) is 12.7. The van der Waals surface area contributed by atoms with Crippen LogP contribution in [-0.2, 0) is 27.9 Å². The maximum atomic E-state index is 13.5. The smallest absolute Gasteiger partial charge is 0.306 e. The Morgan fingerprint density at radius 3 is 1.28 bits per heavy atom. The second kappa shape index (κ2) is 54.0. The summed E-state index contributed by atoms with van der Waals surface area (Å²) in [6.45, 7) is 6.57. The Balaban J connectivity index is 5.28. The number of phosphoric acid groups is 1. The Morgan fingerprint density at radius 2 is 0.853 bits per heavy atom. The van der Waals surface area contributed by atoms with Gasteiger partial charge in [0.2, 0.25) is 5.91 Å². The van der Waals surface area contributed by atoms with Gasteiger partial charge in [0, 0.05) is 12.8 Å². The monoisotopic (exact) mass is 1060 g/mol. The van der Waals surface area contributed by atoms with Crippen LogP contribution in [0.1, 0.15) is 239 Å². The predicted molar refractivity (Wildman–Crippen MR) is 320 cm³/mol. The van der Waals surface area contributed by atoms with Crippen LogP contribution >= 0.6 is 7.82 Å². The standard InChI is InChI=1S/C65H113N2O7P/c1-7-10-13-16-19-22-25-28-30-31-32-33-34-35-36-37-38-39-42-45-48-51-54-57-64(68)66-62(61-73-75(70,71)72-60-59-67(4,5)6)63(56-53-50-47-44-41-27-24-21-18-15-12-9-3)74-65(69)58-55-52-49-46-43-40-29-26-23-20-17-14-11-8-2/h10-11,13-14,19-20,22-23,28-30,32-33,35-36,40,53,56,62-63H,7-9,12,15-18,21,24-27,31,34,37-39,41-52,54-55,57-61H2,1-6H3,(H-,66,68,70,71)/b13-10-,14-11+,22-19-,23-20+,30-28-,33-32-,36-35-,40-29+,56-53-. The molecule has 0 spiro atoms. The lowest BCUT2D eigenvalue weighted by Crippen LogP contribution is -2.47. The number of carbonyl (C=O) groups is 2. The fourth-order valence-corrected chi connectivity index (χ4v) is 8.81. The van der Waals surface area contributed by atoms with Crippen LogP contribution in [0, 0.1) is 0 Å². The number of esters is 1. The zero-order chi connectivity index (χ0) is 55.0. The van der Waals surface area contributed by atoms with Crippen LogP contribution in [0.3, 0.4) is 0 Å². The van der Waals surface area contributed by atoms with Crippen LogP contribution in [0.2, 0.25) is 0 Å². The molecule has 0 aliphatic rings. The Morgan fingerprint density at radius 1 is 0.480 bits per heavy atom. The van der Waals surface area contributed by atoms with Gasteiger partial charge in [0.1, 0.15) is 19.3 Å². The van der Waals surface area contributed by atoms with Gasteiger partial charge in [-0.3, -0.25) is 14.2 Å². The van der Waals surface area contributed by atoms with Gasteiger partial charge in [0.05, 0.1) is 33.8 Å². The van der Waals surface area contributed by atoms with E-state index in [9.17, 15) is 19.0 Å². The van der Waals surface area contributed by atoms with Gasteiger partial charge in [-0.15, -0.1) is 0 Å². The quantitative estimate of drug-likeness (QED) is 0.0212. The molecule has 0 aromatic carbocycles. The van der Waals surface area contributed by atoms with Gasteiger partial charge in [-0.2, -0.15) is 0 Å².